The molecule has 5 heteroatoms. The van der Waals surface area contributed by atoms with E-state index in [1.807, 2.05) is 60.7 Å². The molecule has 29 heavy (non-hydrogen) atoms. The van der Waals surface area contributed by atoms with Crippen LogP contribution in [-0.4, -0.2) is 23.6 Å². The van der Waals surface area contributed by atoms with E-state index in [0.29, 0.717) is 5.75 Å². The van der Waals surface area contributed by atoms with Crippen LogP contribution in [0.5, 0.6) is 5.75 Å². The molecule has 0 aliphatic rings. The zero-order chi connectivity index (χ0) is 21.4. The molecule has 0 saturated heterocycles. The van der Waals surface area contributed by atoms with Gasteiger partial charge in [-0.1, -0.05) is 55.5 Å². The number of para-hydroxylation sites is 1. The van der Waals surface area contributed by atoms with Crippen molar-refractivity contribution in [1.82, 2.24) is 0 Å². The molecular weight excluding hydrogens is 368 g/mol. The molecule has 0 aliphatic carbocycles. The topological polar surface area (TPSA) is 61.8 Å². The van der Waals surface area contributed by atoms with Gasteiger partial charge >= 0.3 is 11.9 Å². The minimum absolute atomic E-state index is 0.0294. The molecule has 3 atom stereocenters. The van der Waals surface area contributed by atoms with Gasteiger partial charge in [-0.3, -0.25) is 9.59 Å². The first-order valence-corrected chi connectivity index (χ1v) is 9.84. The number of esters is 2. The molecule has 0 N–H and O–H groups in total. The highest BCUT2D eigenvalue weighted by Crippen LogP contribution is 2.27. The zero-order valence-corrected chi connectivity index (χ0v) is 17.8. The van der Waals surface area contributed by atoms with Crippen LogP contribution in [0.15, 0.2) is 60.7 Å². The van der Waals surface area contributed by atoms with Crippen molar-refractivity contribution >= 4 is 11.9 Å². The van der Waals surface area contributed by atoms with Crippen LogP contribution in [-0.2, 0) is 19.1 Å². The quantitative estimate of drug-likeness (QED) is 0.579. The molecule has 0 saturated carbocycles. The van der Waals surface area contributed by atoms with E-state index in [2.05, 4.69) is 0 Å². The zero-order valence-electron chi connectivity index (χ0n) is 17.8. The molecule has 2 aromatic carbocycles. The normalized spacial score (nSPS) is 14.4. The first kappa shape index (κ1) is 22.5. The summed E-state index contributed by atoms with van der Waals surface area (Å²) in [5, 5.41) is 0. The highest BCUT2D eigenvalue weighted by Gasteiger charge is 2.29. The molecule has 2 aromatic rings. The highest BCUT2D eigenvalue weighted by atomic mass is 16.6. The van der Waals surface area contributed by atoms with Gasteiger partial charge in [0.05, 0.1) is 12.3 Å². The maximum absolute atomic E-state index is 12.6. The fraction of sp³-hybridized carbons (Fsp3) is 0.417. The molecule has 0 amide bonds. The van der Waals surface area contributed by atoms with E-state index in [-0.39, 0.29) is 6.42 Å². The molecule has 0 heterocycles. The first-order chi connectivity index (χ1) is 13.7. The van der Waals surface area contributed by atoms with E-state index in [1.54, 1.807) is 34.6 Å². The average molecular weight is 398 g/mol. The van der Waals surface area contributed by atoms with Gasteiger partial charge < -0.3 is 14.2 Å². The van der Waals surface area contributed by atoms with Gasteiger partial charge in [0.25, 0.3) is 0 Å². The smallest absolute Gasteiger partial charge is 0.309 e. The van der Waals surface area contributed by atoms with Crippen LogP contribution in [0.1, 0.15) is 52.7 Å². The van der Waals surface area contributed by atoms with Gasteiger partial charge in [-0.2, -0.15) is 0 Å². The summed E-state index contributed by atoms with van der Waals surface area (Å²) in [4.78, 5) is 24.6. The summed E-state index contributed by atoms with van der Waals surface area (Å²) in [5.74, 6) is -0.804. The number of ether oxygens (including phenoxy) is 3. The standard InChI is InChI=1S/C24H30O5/c1-17(16-21(25)29-24(3,4)5)23(26)27-18(2)22(19-12-8-6-9-13-19)28-20-14-10-7-11-15-20/h6-15,17-18,22H,16H2,1-5H3/t17-,18+,22+/m0/s1. The van der Waals surface area contributed by atoms with Crippen LogP contribution >= 0.6 is 0 Å². The summed E-state index contributed by atoms with van der Waals surface area (Å²) in [6.07, 6.45) is -1.05. The van der Waals surface area contributed by atoms with Crippen molar-refractivity contribution in [3.8, 4) is 5.75 Å². The van der Waals surface area contributed by atoms with Crippen LogP contribution in [0.2, 0.25) is 0 Å². The van der Waals surface area contributed by atoms with Gasteiger partial charge in [0, 0.05) is 0 Å². The van der Waals surface area contributed by atoms with E-state index >= 15 is 0 Å². The van der Waals surface area contributed by atoms with Crippen LogP contribution in [0.25, 0.3) is 0 Å². The summed E-state index contributed by atoms with van der Waals surface area (Å²) in [7, 11) is 0. The third-order valence-corrected chi connectivity index (χ3v) is 4.16. The second-order valence-electron chi connectivity index (χ2n) is 8.10. The van der Waals surface area contributed by atoms with E-state index in [1.165, 1.54) is 0 Å². The third-order valence-electron chi connectivity index (χ3n) is 4.16. The lowest BCUT2D eigenvalue weighted by Crippen LogP contribution is -2.31. The van der Waals surface area contributed by atoms with Crippen molar-refractivity contribution in [2.24, 2.45) is 5.92 Å². The van der Waals surface area contributed by atoms with Gasteiger partial charge in [0.1, 0.15) is 17.5 Å². The maximum atomic E-state index is 12.6. The number of hydrogen-bond donors (Lipinski definition) is 0. The van der Waals surface area contributed by atoms with Crippen molar-refractivity contribution < 1.29 is 23.8 Å². The number of carbonyl (C=O) groups excluding carboxylic acids is 2. The Hall–Kier alpha value is -2.82. The lowest BCUT2D eigenvalue weighted by Gasteiger charge is -2.27. The third kappa shape index (κ3) is 7.60. The van der Waals surface area contributed by atoms with E-state index < -0.39 is 35.7 Å². The fourth-order valence-corrected chi connectivity index (χ4v) is 2.80. The van der Waals surface area contributed by atoms with E-state index in [9.17, 15) is 9.59 Å². The Morgan fingerprint density at radius 2 is 1.45 bits per heavy atom. The van der Waals surface area contributed by atoms with Crippen molar-refractivity contribution in [3.05, 3.63) is 66.2 Å². The molecule has 0 fully saturated rings. The number of rotatable bonds is 8. The fourth-order valence-electron chi connectivity index (χ4n) is 2.80. The molecule has 0 bridgehead atoms. The van der Waals surface area contributed by atoms with Gasteiger partial charge in [0.15, 0.2) is 6.10 Å². The van der Waals surface area contributed by atoms with Crippen LogP contribution in [0, 0.1) is 5.92 Å². The predicted molar refractivity (Wildman–Crippen MR) is 111 cm³/mol. The van der Waals surface area contributed by atoms with Crippen molar-refractivity contribution in [2.75, 3.05) is 0 Å². The summed E-state index contributed by atoms with van der Waals surface area (Å²) in [6.45, 7) is 8.83. The molecule has 0 aliphatic heterocycles. The number of benzene rings is 2. The molecule has 0 spiro atoms. The Labute approximate surface area is 173 Å². The molecule has 2 rings (SSSR count). The maximum Gasteiger partial charge on any atom is 0.309 e. The monoisotopic (exact) mass is 398 g/mol. The molecular formula is C24H30O5. The van der Waals surface area contributed by atoms with Crippen LogP contribution in [0.4, 0.5) is 0 Å². The Kier molecular flexibility index (Phi) is 7.82. The Morgan fingerprint density at radius 3 is 2.00 bits per heavy atom. The average Bonchev–Trinajstić information content (AvgIpc) is 2.65. The van der Waals surface area contributed by atoms with Gasteiger partial charge in [-0.05, 0) is 45.4 Å². The highest BCUT2D eigenvalue weighted by molar-refractivity contribution is 5.79. The second kappa shape index (κ2) is 10.1. The Morgan fingerprint density at radius 1 is 0.897 bits per heavy atom. The SMILES string of the molecule is C[C@@H](CC(=O)OC(C)(C)C)C(=O)O[C@H](C)[C@@H](Oc1ccccc1)c1ccccc1. The van der Waals surface area contributed by atoms with Gasteiger partial charge in [0.2, 0.25) is 0 Å². The summed E-state index contributed by atoms with van der Waals surface area (Å²) in [5.41, 5.74) is 0.312. The van der Waals surface area contributed by atoms with Crippen molar-refractivity contribution in [2.45, 2.75) is 58.8 Å². The minimum atomic E-state index is -0.611. The van der Waals surface area contributed by atoms with Crippen LogP contribution < -0.4 is 4.74 Å². The Balaban J connectivity index is 2.05. The Bertz CT molecular complexity index is 780. The van der Waals surface area contributed by atoms with E-state index in [0.717, 1.165) is 5.56 Å². The van der Waals surface area contributed by atoms with Crippen molar-refractivity contribution in [3.63, 3.8) is 0 Å². The molecule has 0 radical (unpaired) electrons. The number of carbonyl (C=O) groups is 2. The predicted octanol–water partition coefficient (Wildman–Crippen LogP) is 5.11. The molecule has 0 aromatic heterocycles. The number of hydrogen-bond acceptors (Lipinski definition) is 5. The summed E-state index contributed by atoms with van der Waals surface area (Å²) < 4.78 is 17.1. The molecule has 5 nitrogen and oxygen atoms in total. The molecule has 0 unspecified atom stereocenters. The first-order valence-electron chi connectivity index (χ1n) is 9.84. The summed E-state index contributed by atoms with van der Waals surface area (Å²) in [6, 6.07) is 19.0. The summed E-state index contributed by atoms with van der Waals surface area (Å²) >= 11 is 0. The van der Waals surface area contributed by atoms with Gasteiger partial charge in [-0.25, -0.2) is 0 Å². The minimum Gasteiger partial charge on any atom is -0.482 e. The van der Waals surface area contributed by atoms with E-state index in [4.69, 9.17) is 14.2 Å². The second-order valence-corrected chi connectivity index (χ2v) is 8.10. The van der Waals surface area contributed by atoms with Crippen molar-refractivity contribution in [1.29, 1.82) is 0 Å². The van der Waals surface area contributed by atoms with Gasteiger partial charge in [-0.15, -0.1) is 0 Å². The lowest BCUT2D eigenvalue weighted by atomic mass is 10.0. The lowest BCUT2D eigenvalue weighted by molar-refractivity contribution is -0.165. The molecule has 156 valence electrons. The largest absolute Gasteiger partial charge is 0.482 e. The van der Waals surface area contributed by atoms with Crippen LogP contribution in [0.3, 0.4) is 0 Å².